The van der Waals surface area contributed by atoms with Crippen LogP contribution in [0.15, 0.2) is 148 Å². The van der Waals surface area contributed by atoms with E-state index in [-0.39, 0.29) is 0 Å². The summed E-state index contributed by atoms with van der Waals surface area (Å²) in [6, 6.07) is 40.7. The van der Waals surface area contributed by atoms with Crippen molar-refractivity contribution in [2.24, 2.45) is 0 Å². The lowest BCUT2D eigenvalue weighted by atomic mass is 10.3. The molecule has 0 nitrogen and oxygen atoms in total. The van der Waals surface area contributed by atoms with E-state index in [0.29, 0.717) is 0 Å². The van der Waals surface area contributed by atoms with Crippen molar-refractivity contribution in [3.8, 4) is 39.0 Å². The Hall–Kier alpha value is -3.00. The van der Waals surface area contributed by atoms with Crippen molar-refractivity contribution < 1.29 is 0 Å². The van der Waals surface area contributed by atoms with E-state index in [0.717, 1.165) is 0 Å². The van der Waals surface area contributed by atoms with Crippen LogP contribution < -0.4 is 0 Å². The Morgan fingerprint density at radius 3 is 0.631 bits per heavy atom. The summed E-state index contributed by atoms with van der Waals surface area (Å²) in [5.74, 6) is 0. The van der Waals surface area contributed by atoms with Crippen molar-refractivity contribution in [1.82, 2.24) is 0 Å². The quantitative estimate of drug-likeness (QED) is 0.165. The third-order valence-corrected chi connectivity index (χ3v) is 17.8. The fraction of sp³-hybridized carbons (Fsp3) is 0.273. The summed E-state index contributed by atoms with van der Waals surface area (Å²) in [4.78, 5) is 19.4. The Morgan fingerprint density at radius 2 is 0.508 bits per heavy atom. The monoisotopic (exact) mass is 1050 g/mol. The second-order valence-corrected chi connectivity index (χ2v) is 23.6. The lowest BCUT2D eigenvalue weighted by Crippen LogP contribution is -1.61. The van der Waals surface area contributed by atoms with Crippen molar-refractivity contribution in [3.63, 3.8) is 0 Å². The second kappa shape index (κ2) is 37.0. The molecule has 0 atom stereocenters. The third-order valence-electron chi connectivity index (χ3n) is 7.80. The summed E-state index contributed by atoms with van der Waals surface area (Å²) in [6.07, 6.45) is 0. The van der Waals surface area contributed by atoms with Crippen LogP contribution in [0.1, 0.15) is 90.2 Å². The van der Waals surface area contributed by atoms with E-state index in [9.17, 15) is 0 Å². The normalized spacial score (nSPS) is 9.15. The van der Waals surface area contributed by atoms with Crippen LogP contribution in [-0.2, 0) is 0 Å². The topological polar surface area (TPSA) is 0 Å². The number of hydrogen-bond acceptors (Lipinski definition) is 10. The van der Waals surface area contributed by atoms with Gasteiger partial charge in [0.15, 0.2) is 0 Å². The first-order valence-corrected chi connectivity index (χ1v) is 30.6. The first-order valence-electron chi connectivity index (χ1n) is 22.1. The van der Waals surface area contributed by atoms with Gasteiger partial charge in [-0.2, -0.15) is 0 Å². The summed E-state index contributed by atoms with van der Waals surface area (Å²) in [6.45, 7) is 30.9. The lowest BCUT2D eigenvalue weighted by Gasteiger charge is -1.86. The molecule has 10 heteroatoms. The Balaban J connectivity index is 0.000000382. The zero-order valence-corrected chi connectivity index (χ0v) is 49.2. The number of hydrogen-bond donors (Lipinski definition) is 0. The van der Waals surface area contributed by atoms with Crippen LogP contribution in [-0.4, -0.2) is 0 Å². The minimum Gasteiger partial charge on any atom is -0.149 e. The predicted octanol–water partition coefficient (Wildman–Crippen LogP) is 23.7. The molecular weight excluding hydrogens is 981 g/mol. The van der Waals surface area contributed by atoms with E-state index in [2.05, 4.69) is 196 Å². The molecular formula is C55H70S10. The van der Waals surface area contributed by atoms with Crippen molar-refractivity contribution in [2.75, 3.05) is 0 Å². The van der Waals surface area contributed by atoms with E-state index in [4.69, 9.17) is 0 Å². The van der Waals surface area contributed by atoms with Gasteiger partial charge < -0.3 is 0 Å². The van der Waals surface area contributed by atoms with Gasteiger partial charge in [0.1, 0.15) is 0 Å². The van der Waals surface area contributed by atoms with Crippen LogP contribution in [0.2, 0.25) is 0 Å². The molecule has 0 aliphatic carbocycles. The fourth-order valence-corrected chi connectivity index (χ4v) is 12.8. The van der Waals surface area contributed by atoms with Gasteiger partial charge in [-0.25, -0.2) is 0 Å². The molecule has 0 unspecified atom stereocenters. The van der Waals surface area contributed by atoms with Crippen LogP contribution in [0, 0.1) is 48.5 Å². The molecule has 0 saturated heterocycles. The molecule has 0 bridgehead atoms. The molecule has 65 heavy (non-hydrogen) atoms. The second-order valence-electron chi connectivity index (χ2n) is 12.4. The Bertz CT molecular complexity index is 2170. The third kappa shape index (κ3) is 24.0. The highest BCUT2D eigenvalue weighted by molar-refractivity contribution is 7.23. The molecule has 350 valence electrons. The van der Waals surface area contributed by atoms with Gasteiger partial charge in [0.2, 0.25) is 0 Å². The minimum atomic E-state index is 1.38. The lowest BCUT2D eigenvalue weighted by molar-refractivity contribution is 1.44. The molecule has 0 radical (unpaired) electrons. The van der Waals surface area contributed by atoms with Crippen LogP contribution in [0.4, 0.5) is 0 Å². The summed E-state index contributed by atoms with van der Waals surface area (Å²) in [7, 11) is 0. The largest absolute Gasteiger partial charge is 0.149 e. The van der Waals surface area contributed by atoms with Gasteiger partial charge in [-0.1, -0.05) is 85.7 Å². The van der Waals surface area contributed by atoms with Crippen LogP contribution >= 0.6 is 113 Å². The SMILES string of the molecule is CC.CC.CC.CC.Cc1ccc(-c2cccs2)s1.Cc1ccc(-c2cccs2)s1.Cc1ccc(-c2cccs2)s1.Cc1ccc(-c2cccs2)s1.Cc1cccs1.Cc1ccsc1C. The number of thiophene rings is 10. The minimum absolute atomic E-state index is 1.38. The molecule has 0 aliphatic heterocycles. The number of rotatable bonds is 4. The van der Waals surface area contributed by atoms with Gasteiger partial charge in [-0.15, -0.1) is 113 Å². The fourth-order valence-electron chi connectivity index (χ4n) is 4.75. The Kier molecular flexibility index (Phi) is 34.2. The molecule has 0 amide bonds. The molecule has 0 aliphatic rings. The van der Waals surface area contributed by atoms with E-state index in [1.165, 1.54) is 73.8 Å². The van der Waals surface area contributed by atoms with Gasteiger partial charge in [0, 0.05) is 68.3 Å². The Labute approximate surface area is 434 Å². The summed E-state index contributed by atoms with van der Waals surface area (Å²) >= 11 is 18.2. The standard InChI is InChI=1S/4C9H8S2.C6H8S.C5H6S.4C2H6/c4*1-7-4-5-9(11-7)8-3-2-6-10-8;1-5-3-4-7-6(5)2;1-5-3-2-4-6-5;4*1-2/h4*2-6H,1H3;3-4H,1-2H3;2-4H,1H3;4*1-2H3. The van der Waals surface area contributed by atoms with Crippen LogP contribution in [0.3, 0.4) is 0 Å². The van der Waals surface area contributed by atoms with E-state index < -0.39 is 0 Å². The van der Waals surface area contributed by atoms with Crippen LogP contribution in [0.25, 0.3) is 39.0 Å². The molecule has 10 aromatic heterocycles. The molecule has 10 heterocycles. The number of aryl methyl sites for hydroxylation is 7. The summed E-state index contributed by atoms with van der Waals surface area (Å²) in [5.41, 5.74) is 1.41. The maximum absolute atomic E-state index is 2.19. The van der Waals surface area contributed by atoms with Crippen molar-refractivity contribution in [2.45, 2.75) is 104 Å². The Morgan fingerprint density at radius 1 is 0.231 bits per heavy atom. The van der Waals surface area contributed by atoms with E-state index in [1.54, 1.807) is 68.0 Å². The zero-order valence-electron chi connectivity index (χ0n) is 41.0. The van der Waals surface area contributed by atoms with Gasteiger partial charge in [0.25, 0.3) is 0 Å². The summed E-state index contributed by atoms with van der Waals surface area (Å²) < 4.78 is 0. The molecule has 0 fully saturated rings. The molecule has 0 saturated carbocycles. The van der Waals surface area contributed by atoms with Gasteiger partial charge in [0.05, 0.1) is 0 Å². The van der Waals surface area contributed by atoms with E-state index >= 15 is 0 Å². The molecule has 0 N–H and O–H groups in total. The smallest absolute Gasteiger partial charge is 0.0445 e. The van der Waals surface area contributed by atoms with Gasteiger partial charge in [-0.05, 0) is 171 Å². The molecule has 10 rings (SSSR count). The highest BCUT2D eigenvalue weighted by Crippen LogP contribution is 2.33. The molecule has 0 aromatic carbocycles. The molecule has 10 aromatic rings. The van der Waals surface area contributed by atoms with Gasteiger partial charge in [-0.3, -0.25) is 0 Å². The average Bonchev–Trinajstić information content (AvgIpc) is 4.17. The molecule has 0 spiro atoms. The first kappa shape index (κ1) is 60.0. The van der Waals surface area contributed by atoms with Crippen molar-refractivity contribution in [1.29, 1.82) is 0 Å². The highest BCUT2D eigenvalue weighted by Gasteiger charge is 2.02. The van der Waals surface area contributed by atoms with Gasteiger partial charge >= 0.3 is 0 Å². The maximum Gasteiger partial charge on any atom is 0.0445 e. The zero-order chi connectivity index (χ0) is 48.4. The van der Waals surface area contributed by atoms with Crippen LogP contribution in [0.5, 0.6) is 0 Å². The highest BCUT2D eigenvalue weighted by atomic mass is 32.1. The summed E-state index contributed by atoms with van der Waals surface area (Å²) in [5, 5.41) is 12.7. The first-order chi connectivity index (χ1) is 31.6. The van der Waals surface area contributed by atoms with Crippen molar-refractivity contribution in [3.05, 3.63) is 182 Å². The predicted molar refractivity (Wildman–Crippen MR) is 318 cm³/mol. The average molecular weight is 1050 g/mol. The van der Waals surface area contributed by atoms with Crippen molar-refractivity contribution >= 4 is 113 Å². The maximum atomic E-state index is 2.19. The van der Waals surface area contributed by atoms with E-state index in [1.807, 2.05) is 101 Å².